The highest BCUT2D eigenvalue weighted by Gasteiger charge is 2.18. The van der Waals surface area contributed by atoms with Gasteiger partial charge in [-0.05, 0) is 20.3 Å². The Bertz CT molecular complexity index is 685. The summed E-state index contributed by atoms with van der Waals surface area (Å²) in [4.78, 5) is 27.1. The van der Waals surface area contributed by atoms with Crippen molar-refractivity contribution in [1.82, 2.24) is 14.8 Å². The van der Waals surface area contributed by atoms with Gasteiger partial charge >= 0.3 is 5.97 Å². The van der Waals surface area contributed by atoms with Crippen LogP contribution in [0.25, 0.3) is 11.0 Å². The van der Waals surface area contributed by atoms with Gasteiger partial charge in [-0.3, -0.25) is 4.79 Å². The van der Waals surface area contributed by atoms with Crippen molar-refractivity contribution in [1.29, 1.82) is 0 Å². The van der Waals surface area contributed by atoms with E-state index in [-0.39, 0.29) is 17.6 Å². The van der Waals surface area contributed by atoms with Crippen LogP contribution in [0.15, 0.2) is 11.0 Å². The second-order valence-electron chi connectivity index (χ2n) is 4.64. The zero-order chi connectivity index (χ0) is 14.7. The van der Waals surface area contributed by atoms with Gasteiger partial charge in [0.15, 0.2) is 0 Å². The lowest BCUT2D eigenvalue weighted by molar-refractivity contribution is 0.0524. The number of nitrogens with zero attached hydrogens (tertiary/aromatic N) is 2. The number of nitrogens with one attached hydrogen (secondary N) is 1. The number of esters is 1. The van der Waals surface area contributed by atoms with Gasteiger partial charge in [0.05, 0.1) is 17.7 Å². The molecule has 0 aliphatic carbocycles. The van der Waals surface area contributed by atoms with Crippen LogP contribution in [0.5, 0.6) is 0 Å². The number of unbranched alkanes of at least 4 members (excludes halogenated alkanes) is 1. The Kier molecular flexibility index (Phi) is 4.22. The average Bonchev–Trinajstić information content (AvgIpc) is 2.74. The Balaban J connectivity index is 2.54. The van der Waals surface area contributed by atoms with E-state index in [9.17, 15) is 9.59 Å². The van der Waals surface area contributed by atoms with Gasteiger partial charge in [0.2, 0.25) is 5.43 Å². The van der Waals surface area contributed by atoms with Crippen LogP contribution < -0.4 is 5.43 Å². The highest BCUT2D eigenvalue weighted by Crippen LogP contribution is 2.14. The first-order valence-corrected chi connectivity index (χ1v) is 6.86. The lowest BCUT2D eigenvalue weighted by atomic mass is 10.2. The van der Waals surface area contributed by atoms with Gasteiger partial charge in [-0.15, -0.1) is 0 Å². The third kappa shape index (κ3) is 2.45. The predicted octanol–water partition coefficient (Wildman–Crippen LogP) is 2.01. The van der Waals surface area contributed by atoms with E-state index in [0.717, 1.165) is 19.4 Å². The maximum absolute atomic E-state index is 12.4. The predicted molar refractivity (Wildman–Crippen MR) is 76.0 cm³/mol. The standard InChI is InChI=1S/C14H19N3O3/c1-4-6-7-17-13-11(9(3)16-17)12(18)10(8-15-13)14(19)20-5-2/h8H,4-7H2,1-3H3,(H,15,18). The second kappa shape index (κ2) is 5.90. The van der Waals surface area contributed by atoms with E-state index in [1.807, 2.05) is 0 Å². The molecule has 0 aromatic carbocycles. The van der Waals surface area contributed by atoms with E-state index in [4.69, 9.17) is 4.74 Å². The molecule has 2 aromatic rings. The maximum atomic E-state index is 12.4. The number of fused-ring (bicyclic) bond motifs is 1. The number of H-pyrrole nitrogens is 1. The van der Waals surface area contributed by atoms with Gasteiger partial charge in [0.25, 0.3) is 0 Å². The summed E-state index contributed by atoms with van der Waals surface area (Å²) in [6.07, 6.45) is 3.44. The number of carbonyl (C=O) groups is 1. The number of ether oxygens (including phenoxy) is 1. The molecule has 2 heterocycles. The van der Waals surface area contributed by atoms with E-state index >= 15 is 0 Å². The van der Waals surface area contributed by atoms with Crippen molar-refractivity contribution in [2.75, 3.05) is 6.61 Å². The van der Waals surface area contributed by atoms with Crippen molar-refractivity contribution in [3.63, 3.8) is 0 Å². The molecule has 0 fully saturated rings. The summed E-state index contributed by atoms with van der Waals surface area (Å²) in [6.45, 7) is 6.56. The van der Waals surface area contributed by atoms with Gasteiger partial charge in [0, 0.05) is 12.7 Å². The lowest BCUT2D eigenvalue weighted by Gasteiger charge is -2.03. The Labute approximate surface area is 116 Å². The summed E-state index contributed by atoms with van der Waals surface area (Å²) in [5.41, 5.74) is 0.993. The van der Waals surface area contributed by atoms with Crippen molar-refractivity contribution < 1.29 is 9.53 Å². The lowest BCUT2D eigenvalue weighted by Crippen LogP contribution is -2.18. The number of aryl methyl sites for hydroxylation is 2. The molecular formula is C14H19N3O3. The normalized spacial score (nSPS) is 10.9. The Hall–Kier alpha value is -2.11. The molecule has 0 bridgehead atoms. The summed E-state index contributed by atoms with van der Waals surface area (Å²) in [5.74, 6) is -0.601. The topological polar surface area (TPSA) is 77.0 Å². The van der Waals surface area contributed by atoms with Crippen LogP contribution in [0.3, 0.4) is 0 Å². The summed E-state index contributed by atoms with van der Waals surface area (Å²) >= 11 is 0. The molecule has 0 atom stereocenters. The van der Waals surface area contributed by atoms with Crippen LogP contribution in [0.1, 0.15) is 42.7 Å². The highest BCUT2D eigenvalue weighted by atomic mass is 16.5. The van der Waals surface area contributed by atoms with Gasteiger partial charge < -0.3 is 9.72 Å². The van der Waals surface area contributed by atoms with E-state index < -0.39 is 5.97 Å². The monoisotopic (exact) mass is 277 g/mol. The number of aromatic nitrogens is 3. The quantitative estimate of drug-likeness (QED) is 0.848. The minimum absolute atomic E-state index is 0.0255. The van der Waals surface area contributed by atoms with Crippen molar-refractivity contribution >= 4 is 17.0 Å². The minimum Gasteiger partial charge on any atom is -0.462 e. The third-order valence-corrected chi connectivity index (χ3v) is 3.17. The van der Waals surface area contributed by atoms with Crippen LogP contribution >= 0.6 is 0 Å². The van der Waals surface area contributed by atoms with Crippen LogP contribution in [0, 0.1) is 6.92 Å². The molecule has 20 heavy (non-hydrogen) atoms. The SMILES string of the molecule is CCCCn1nc(C)c2c(=O)c(C(=O)OCC)c[nH]c21. The smallest absolute Gasteiger partial charge is 0.343 e. The molecule has 0 aliphatic heterocycles. The summed E-state index contributed by atoms with van der Waals surface area (Å²) in [7, 11) is 0. The molecule has 2 aromatic heterocycles. The number of hydrogen-bond donors (Lipinski definition) is 1. The second-order valence-corrected chi connectivity index (χ2v) is 4.64. The van der Waals surface area contributed by atoms with Crippen LogP contribution in [0.2, 0.25) is 0 Å². The average molecular weight is 277 g/mol. The molecule has 0 saturated carbocycles. The molecule has 1 N–H and O–H groups in total. The number of hydrogen-bond acceptors (Lipinski definition) is 4. The molecular weight excluding hydrogens is 258 g/mol. The highest BCUT2D eigenvalue weighted by molar-refractivity contribution is 5.93. The summed E-state index contributed by atoms with van der Waals surface area (Å²) in [6, 6.07) is 0. The Morgan fingerprint density at radius 2 is 2.20 bits per heavy atom. The van der Waals surface area contributed by atoms with Crippen molar-refractivity contribution in [2.45, 2.75) is 40.2 Å². The van der Waals surface area contributed by atoms with Gasteiger partial charge in [-0.2, -0.15) is 5.10 Å². The van der Waals surface area contributed by atoms with Crippen molar-refractivity contribution in [2.24, 2.45) is 0 Å². The molecule has 0 amide bonds. The molecule has 108 valence electrons. The fourth-order valence-electron chi connectivity index (χ4n) is 2.17. The number of aromatic amines is 1. The van der Waals surface area contributed by atoms with Crippen LogP contribution in [-0.2, 0) is 11.3 Å². The summed E-state index contributed by atoms with van der Waals surface area (Å²) in [5, 5.41) is 4.83. The fraction of sp³-hybridized carbons (Fsp3) is 0.500. The van der Waals surface area contributed by atoms with Crippen LogP contribution in [0.4, 0.5) is 0 Å². The molecule has 0 spiro atoms. The van der Waals surface area contributed by atoms with E-state index in [1.54, 1.807) is 18.5 Å². The largest absolute Gasteiger partial charge is 0.462 e. The van der Waals surface area contributed by atoms with E-state index in [2.05, 4.69) is 17.0 Å². The first-order chi connectivity index (χ1) is 9.60. The molecule has 0 unspecified atom stereocenters. The summed E-state index contributed by atoms with van der Waals surface area (Å²) < 4.78 is 6.67. The van der Waals surface area contributed by atoms with Gasteiger partial charge in [-0.1, -0.05) is 13.3 Å². The molecule has 6 nitrogen and oxygen atoms in total. The Morgan fingerprint density at radius 3 is 2.85 bits per heavy atom. The number of carbonyl (C=O) groups excluding carboxylic acids is 1. The molecule has 6 heteroatoms. The molecule has 0 saturated heterocycles. The van der Waals surface area contributed by atoms with Crippen LogP contribution in [-0.4, -0.2) is 27.3 Å². The van der Waals surface area contributed by atoms with E-state index in [1.165, 1.54) is 6.20 Å². The van der Waals surface area contributed by atoms with Gasteiger partial charge in [0.1, 0.15) is 11.2 Å². The van der Waals surface area contributed by atoms with E-state index in [0.29, 0.717) is 16.7 Å². The van der Waals surface area contributed by atoms with Crippen molar-refractivity contribution in [3.05, 3.63) is 27.7 Å². The first kappa shape index (κ1) is 14.3. The molecule has 0 aliphatic rings. The maximum Gasteiger partial charge on any atom is 0.343 e. The molecule has 0 radical (unpaired) electrons. The third-order valence-electron chi connectivity index (χ3n) is 3.17. The fourth-order valence-corrected chi connectivity index (χ4v) is 2.17. The minimum atomic E-state index is -0.601. The zero-order valence-corrected chi connectivity index (χ0v) is 12.0. The number of rotatable bonds is 5. The first-order valence-electron chi connectivity index (χ1n) is 6.86. The molecule has 2 rings (SSSR count). The Morgan fingerprint density at radius 1 is 1.45 bits per heavy atom. The number of pyridine rings is 1. The van der Waals surface area contributed by atoms with Crippen molar-refractivity contribution in [3.8, 4) is 0 Å². The zero-order valence-electron chi connectivity index (χ0n) is 12.0. The van der Waals surface area contributed by atoms with Gasteiger partial charge in [-0.25, -0.2) is 9.48 Å².